The zero-order valence-electron chi connectivity index (χ0n) is 11.5. The standard InChI is InChI=1S/C13H17ClN4OS/c1-17(2)7-3-6-15-11(19)5-4-10-12(14)16-13-18(10)8-9-20-13/h4-5,8-9H,3,6-7H2,1-2H3,(H,15,19)/b5-4+. The lowest BCUT2D eigenvalue weighted by Crippen LogP contribution is -2.25. The van der Waals surface area contributed by atoms with Gasteiger partial charge in [-0.15, -0.1) is 11.3 Å². The Bertz CT molecular complexity index is 617. The molecule has 20 heavy (non-hydrogen) atoms. The Morgan fingerprint density at radius 2 is 2.40 bits per heavy atom. The van der Waals surface area contributed by atoms with Crippen LogP contribution in [0.5, 0.6) is 0 Å². The first-order chi connectivity index (χ1) is 9.58. The molecule has 0 spiro atoms. The minimum absolute atomic E-state index is 0.120. The van der Waals surface area contributed by atoms with Gasteiger partial charge >= 0.3 is 0 Å². The predicted molar refractivity (Wildman–Crippen MR) is 83.3 cm³/mol. The lowest BCUT2D eigenvalue weighted by Gasteiger charge is -2.08. The molecule has 7 heteroatoms. The van der Waals surface area contributed by atoms with Crippen LogP contribution in [0.15, 0.2) is 17.7 Å². The highest BCUT2D eigenvalue weighted by atomic mass is 35.5. The van der Waals surface area contributed by atoms with Crippen molar-refractivity contribution in [3.8, 4) is 0 Å². The third-order valence-corrected chi connectivity index (χ3v) is 3.76. The van der Waals surface area contributed by atoms with E-state index in [0.29, 0.717) is 11.7 Å². The Hall–Kier alpha value is -1.37. The van der Waals surface area contributed by atoms with E-state index in [1.165, 1.54) is 17.4 Å². The zero-order valence-corrected chi connectivity index (χ0v) is 13.0. The van der Waals surface area contributed by atoms with Crippen LogP contribution in [0.25, 0.3) is 11.0 Å². The number of halogens is 1. The second-order valence-electron chi connectivity index (χ2n) is 4.62. The normalized spacial score (nSPS) is 11.8. The van der Waals surface area contributed by atoms with Gasteiger partial charge in [0.1, 0.15) is 0 Å². The summed E-state index contributed by atoms with van der Waals surface area (Å²) in [5.41, 5.74) is 0.728. The molecule has 0 aliphatic rings. The van der Waals surface area contributed by atoms with Gasteiger partial charge in [-0.25, -0.2) is 4.98 Å². The third-order valence-electron chi connectivity index (χ3n) is 2.73. The zero-order chi connectivity index (χ0) is 14.5. The fourth-order valence-electron chi connectivity index (χ4n) is 1.75. The summed E-state index contributed by atoms with van der Waals surface area (Å²) in [6.07, 6.45) is 5.99. The molecule has 0 aliphatic heterocycles. The van der Waals surface area contributed by atoms with Crippen LogP contribution in [0, 0.1) is 0 Å². The van der Waals surface area contributed by atoms with Crippen molar-refractivity contribution in [2.24, 2.45) is 0 Å². The second-order valence-corrected chi connectivity index (χ2v) is 5.86. The highest BCUT2D eigenvalue weighted by molar-refractivity contribution is 7.15. The molecule has 5 nitrogen and oxygen atoms in total. The van der Waals surface area contributed by atoms with Crippen LogP contribution in [0.3, 0.4) is 0 Å². The molecule has 0 unspecified atom stereocenters. The van der Waals surface area contributed by atoms with Crippen LogP contribution in [0.2, 0.25) is 5.15 Å². The van der Waals surface area contributed by atoms with Gasteiger partial charge in [0.25, 0.3) is 0 Å². The quantitative estimate of drug-likeness (QED) is 0.656. The Morgan fingerprint density at radius 1 is 1.60 bits per heavy atom. The number of nitrogens with one attached hydrogen (secondary N) is 1. The highest BCUT2D eigenvalue weighted by Gasteiger charge is 2.08. The largest absolute Gasteiger partial charge is 0.353 e. The summed E-state index contributed by atoms with van der Waals surface area (Å²) < 4.78 is 1.86. The van der Waals surface area contributed by atoms with Gasteiger partial charge in [0.2, 0.25) is 5.91 Å². The van der Waals surface area contributed by atoms with Crippen molar-refractivity contribution in [2.75, 3.05) is 27.2 Å². The molecule has 1 N–H and O–H groups in total. The summed E-state index contributed by atoms with van der Waals surface area (Å²) in [6.45, 7) is 1.61. The number of fused-ring (bicyclic) bond motifs is 1. The topological polar surface area (TPSA) is 49.6 Å². The molecule has 0 saturated carbocycles. The first kappa shape index (κ1) is 15.0. The summed E-state index contributed by atoms with van der Waals surface area (Å²) in [7, 11) is 4.02. The summed E-state index contributed by atoms with van der Waals surface area (Å²) in [4.78, 5) is 18.8. The van der Waals surface area contributed by atoms with Crippen molar-refractivity contribution >= 4 is 39.9 Å². The van der Waals surface area contributed by atoms with Crippen molar-refractivity contribution < 1.29 is 4.79 Å². The minimum Gasteiger partial charge on any atom is -0.353 e. The molecule has 0 saturated heterocycles. The van der Waals surface area contributed by atoms with Gasteiger partial charge in [-0.3, -0.25) is 9.20 Å². The Labute approximate surface area is 126 Å². The van der Waals surface area contributed by atoms with Crippen LogP contribution in [0.1, 0.15) is 12.1 Å². The van der Waals surface area contributed by atoms with Gasteiger partial charge in [0.15, 0.2) is 10.1 Å². The van der Waals surface area contributed by atoms with Gasteiger partial charge in [-0.2, -0.15) is 0 Å². The molecule has 1 amide bonds. The first-order valence-electron chi connectivity index (χ1n) is 6.29. The summed E-state index contributed by atoms with van der Waals surface area (Å²) in [5.74, 6) is -0.120. The highest BCUT2D eigenvalue weighted by Crippen LogP contribution is 2.22. The maximum Gasteiger partial charge on any atom is 0.244 e. The predicted octanol–water partition coefficient (Wildman–Crippen LogP) is 2.13. The molecule has 2 heterocycles. The Balaban J connectivity index is 1.90. The van der Waals surface area contributed by atoms with Gasteiger partial charge < -0.3 is 10.2 Å². The number of amides is 1. The van der Waals surface area contributed by atoms with E-state index in [2.05, 4.69) is 15.2 Å². The maximum absolute atomic E-state index is 11.7. The van der Waals surface area contributed by atoms with E-state index in [4.69, 9.17) is 11.6 Å². The summed E-state index contributed by atoms with van der Waals surface area (Å²) in [6, 6.07) is 0. The number of rotatable bonds is 6. The minimum atomic E-state index is -0.120. The molecule has 0 atom stereocenters. The number of hydrogen-bond donors (Lipinski definition) is 1. The van der Waals surface area contributed by atoms with Crippen molar-refractivity contribution in [1.82, 2.24) is 19.6 Å². The average molecular weight is 313 g/mol. The number of hydrogen-bond acceptors (Lipinski definition) is 4. The SMILES string of the molecule is CN(C)CCCNC(=O)/C=C/c1c(Cl)nc2sccn12. The fourth-order valence-corrected chi connectivity index (χ4v) is 2.75. The van der Waals surface area contributed by atoms with Crippen LogP contribution >= 0.6 is 22.9 Å². The van der Waals surface area contributed by atoms with Gasteiger partial charge in [0.05, 0.1) is 5.69 Å². The van der Waals surface area contributed by atoms with E-state index in [-0.39, 0.29) is 5.91 Å². The molecular formula is C13H17ClN4OS. The molecule has 0 fully saturated rings. The molecule has 0 bridgehead atoms. The van der Waals surface area contributed by atoms with Crippen molar-refractivity contribution in [3.05, 3.63) is 28.5 Å². The lowest BCUT2D eigenvalue weighted by molar-refractivity contribution is -0.116. The number of thiazole rings is 1. The maximum atomic E-state index is 11.7. The Kier molecular flexibility index (Phi) is 5.17. The average Bonchev–Trinajstić information content (AvgIpc) is 2.93. The lowest BCUT2D eigenvalue weighted by atomic mass is 10.3. The number of carbonyl (C=O) groups is 1. The van der Waals surface area contributed by atoms with Gasteiger partial charge in [0, 0.05) is 24.2 Å². The van der Waals surface area contributed by atoms with Gasteiger partial charge in [-0.1, -0.05) is 11.6 Å². The smallest absolute Gasteiger partial charge is 0.244 e. The fraction of sp³-hybridized carbons (Fsp3) is 0.385. The van der Waals surface area contributed by atoms with Crippen LogP contribution in [0.4, 0.5) is 0 Å². The number of nitrogens with zero attached hydrogens (tertiary/aromatic N) is 3. The number of imidazole rings is 1. The van der Waals surface area contributed by atoms with E-state index < -0.39 is 0 Å². The Morgan fingerprint density at radius 3 is 3.15 bits per heavy atom. The molecule has 108 valence electrons. The molecular weight excluding hydrogens is 296 g/mol. The molecule has 2 aromatic heterocycles. The molecule has 0 aliphatic carbocycles. The van der Waals surface area contributed by atoms with E-state index in [0.717, 1.165) is 23.6 Å². The summed E-state index contributed by atoms with van der Waals surface area (Å²) >= 11 is 7.54. The molecule has 2 rings (SSSR count). The van der Waals surface area contributed by atoms with Crippen LogP contribution in [-0.2, 0) is 4.79 Å². The van der Waals surface area contributed by atoms with Crippen molar-refractivity contribution in [1.29, 1.82) is 0 Å². The van der Waals surface area contributed by atoms with E-state index in [1.54, 1.807) is 6.08 Å². The first-order valence-corrected chi connectivity index (χ1v) is 7.55. The summed E-state index contributed by atoms with van der Waals surface area (Å²) in [5, 5.41) is 5.18. The van der Waals surface area contributed by atoms with E-state index in [1.807, 2.05) is 30.1 Å². The molecule has 0 aromatic carbocycles. The van der Waals surface area contributed by atoms with Crippen molar-refractivity contribution in [3.63, 3.8) is 0 Å². The van der Waals surface area contributed by atoms with Crippen LogP contribution in [-0.4, -0.2) is 47.4 Å². The molecule has 2 aromatic rings. The van der Waals surface area contributed by atoms with E-state index in [9.17, 15) is 4.79 Å². The van der Waals surface area contributed by atoms with Gasteiger partial charge in [-0.05, 0) is 33.1 Å². The second kappa shape index (κ2) is 6.88. The van der Waals surface area contributed by atoms with Crippen molar-refractivity contribution in [2.45, 2.75) is 6.42 Å². The van der Waals surface area contributed by atoms with E-state index >= 15 is 0 Å². The number of aromatic nitrogens is 2. The molecule has 0 radical (unpaired) electrons. The third kappa shape index (κ3) is 3.82. The van der Waals surface area contributed by atoms with Crippen LogP contribution < -0.4 is 5.32 Å². The number of carbonyl (C=O) groups excluding carboxylic acids is 1. The monoisotopic (exact) mass is 312 g/mol.